The number of carbonyl (C=O) groups is 1. The zero-order valence-electron chi connectivity index (χ0n) is 13.6. The van der Waals surface area contributed by atoms with Gasteiger partial charge in [-0.05, 0) is 51.6 Å². The molecule has 0 saturated carbocycles. The van der Waals surface area contributed by atoms with E-state index in [0.29, 0.717) is 11.8 Å². The van der Waals surface area contributed by atoms with Crippen LogP contribution in [0.25, 0.3) is 0 Å². The van der Waals surface area contributed by atoms with E-state index < -0.39 is 0 Å². The molecule has 1 aliphatic carbocycles. The summed E-state index contributed by atoms with van der Waals surface area (Å²) in [5.74, 6) is 1.09. The van der Waals surface area contributed by atoms with Crippen LogP contribution in [0.4, 0.5) is 0 Å². The van der Waals surface area contributed by atoms with E-state index in [1.807, 2.05) is 30.0 Å². The highest BCUT2D eigenvalue weighted by Crippen LogP contribution is 2.32. The summed E-state index contributed by atoms with van der Waals surface area (Å²) in [6.07, 6.45) is 16.5. The average Bonchev–Trinajstić information content (AvgIpc) is 2.69. The van der Waals surface area contributed by atoms with Gasteiger partial charge in [-0.25, -0.2) is 0 Å². The fourth-order valence-corrected chi connectivity index (χ4v) is 3.48. The van der Waals surface area contributed by atoms with E-state index in [4.69, 9.17) is 11.6 Å². The molecule has 3 unspecified atom stereocenters. The molecule has 0 aromatic rings. The maximum Gasteiger partial charge on any atom is 0.247 e. The van der Waals surface area contributed by atoms with Gasteiger partial charge in [-0.3, -0.25) is 4.79 Å². The average molecular weight is 323 g/mol. The third-order valence-electron chi connectivity index (χ3n) is 4.42. The molecule has 2 aliphatic rings. The van der Waals surface area contributed by atoms with E-state index in [0.717, 1.165) is 38.8 Å². The van der Waals surface area contributed by atoms with Crippen LogP contribution in [-0.4, -0.2) is 48.4 Å². The molecule has 22 heavy (non-hydrogen) atoms. The van der Waals surface area contributed by atoms with Crippen LogP contribution in [0.2, 0.25) is 0 Å². The second kappa shape index (κ2) is 8.54. The van der Waals surface area contributed by atoms with Gasteiger partial charge >= 0.3 is 0 Å². The topological polar surface area (TPSA) is 23.6 Å². The van der Waals surface area contributed by atoms with Gasteiger partial charge in [0.1, 0.15) is 5.50 Å². The fourth-order valence-electron chi connectivity index (χ4n) is 3.15. The Hall–Kier alpha value is -1.06. The standard InChI is InChI=1S/C18H27ClN2O/c1-20(2)13-7-12-18(22)21-14-16(10-6-11-17(21)19)15-8-4-3-5-9-15/h3-5,7-8,12,15-17H,6,9-11,13-14H2,1-2H3. The molecule has 2 rings (SSSR count). The van der Waals surface area contributed by atoms with E-state index in [9.17, 15) is 4.79 Å². The maximum absolute atomic E-state index is 12.5. The van der Waals surface area contributed by atoms with Gasteiger partial charge in [-0.2, -0.15) is 0 Å². The summed E-state index contributed by atoms with van der Waals surface area (Å²) in [5.41, 5.74) is -0.176. The van der Waals surface area contributed by atoms with Crippen molar-refractivity contribution in [2.24, 2.45) is 11.8 Å². The van der Waals surface area contributed by atoms with Gasteiger partial charge in [0.05, 0.1) is 0 Å². The Morgan fingerprint density at radius 2 is 2.18 bits per heavy atom. The Labute approximate surface area is 139 Å². The van der Waals surface area contributed by atoms with Crippen molar-refractivity contribution in [3.8, 4) is 0 Å². The molecule has 0 N–H and O–H groups in total. The van der Waals surface area contributed by atoms with Crippen LogP contribution in [-0.2, 0) is 4.79 Å². The minimum atomic E-state index is -0.176. The molecule has 0 spiro atoms. The first-order chi connectivity index (χ1) is 10.6. The predicted octanol–water partition coefficient (Wildman–Crippen LogP) is 3.43. The van der Waals surface area contributed by atoms with Crippen molar-refractivity contribution in [3.63, 3.8) is 0 Å². The zero-order valence-corrected chi connectivity index (χ0v) is 14.4. The van der Waals surface area contributed by atoms with E-state index in [-0.39, 0.29) is 11.4 Å². The van der Waals surface area contributed by atoms with Gasteiger partial charge in [0.15, 0.2) is 0 Å². The Kier molecular flexibility index (Phi) is 6.71. The number of allylic oxidation sites excluding steroid dienone is 4. The van der Waals surface area contributed by atoms with Crippen LogP contribution >= 0.6 is 11.6 Å². The Balaban J connectivity index is 2.00. The number of amides is 1. The van der Waals surface area contributed by atoms with E-state index in [1.54, 1.807) is 6.08 Å². The van der Waals surface area contributed by atoms with Crippen molar-refractivity contribution in [1.82, 2.24) is 9.80 Å². The highest BCUT2D eigenvalue weighted by atomic mass is 35.5. The highest BCUT2D eigenvalue weighted by molar-refractivity contribution is 6.21. The lowest BCUT2D eigenvalue weighted by Crippen LogP contribution is -2.39. The summed E-state index contributed by atoms with van der Waals surface area (Å²) < 4.78 is 0. The molecule has 3 atom stereocenters. The third kappa shape index (κ3) is 4.99. The molecule has 122 valence electrons. The molecule has 0 radical (unpaired) electrons. The van der Waals surface area contributed by atoms with Gasteiger partial charge in [-0.1, -0.05) is 42.0 Å². The first kappa shape index (κ1) is 17.3. The van der Waals surface area contributed by atoms with Crippen molar-refractivity contribution in [3.05, 3.63) is 36.5 Å². The van der Waals surface area contributed by atoms with Gasteiger partial charge in [0.2, 0.25) is 5.91 Å². The molecule has 1 aliphatic heterocycles. The van der Waals surface area contributed by atoms with Crippen LogP contribution in [0.1, 0.15) is 25.7 Å². The molecule has 1 amide bonds. The molecule has 1 fully saturated rings. The lowest BCUT2D eigenvalue weighted by molar-refractivity contribution is -0.127. The SMILES string of the molecule is CN(C)CC=CC(=O)N1CC(C2C=CC=CC2)CCCC1Cl. The van der Waals surface area contributed by atoms with E-state index >= 15 is 0 Å². The van der Waals surface area contributed by atoms with E-state index in [2.05, 4.69) is 24.3 Å². The first-order valence-electron chi connectivity index (χ1n) is 8.17. The number of alkyl halides is 1. The molecule has 0 aromatic heterocycles. The lowest BCUT2D eigenvalue weighted by Gasteiger charge is -2.30. The highest BCUT2D eigenvalue weighted by Gasteiger charge is 2.30. The smallest absolute Gasteiger partial charge is 0.247 e. The minimum absolute atomic E-state index is 0.0454. The summed E-state index contributed by atoms with van der Waals surface area (Å²) in [5, 5.41) is 0. The van der Waals surface area contributed by atoms with Crippen LogP contribution in [0.15, 0.2) is 36.5 Å². The number of likely N-dealkylation sites (N-methyl/N-ethyl adjacent to an activating group) is 1. The van der Waals surface area contributed by atoms with Gasteiger partial charge < -0.3 is 9.80 Å². The summed E-state index contributed by atoms with van der Waals surface area (Å²) in [6.45, 7) is 1.54. The predicted molar refractivity (Wildman–Crippen MR) is 92.8 cm³/mol. The van der Waals surface area contributed by atoms with Crippen molar-refractivity contribution in [2.75, 3.05) is 27.2 Å². The third-order valence-corrected chi connectivity index (χ3v) is 4.87. The Morgan fingerprint density at radius 3 is 2.86 bits per heavy atom. The fraction of sp³-hybridized carbons (Fsp3) is 0.611. The summed E-state index contributed by atoms with van der Waals surface area (Å²) >= 11 is 6.46. The van der Waals surface area contributed by atoms with E-state index in [1.165, 1.54) is 0 Å². The number of nitrogens with zero attached hydrogens (tertiary/aromatic N) is 2. The largest absolute Gasteiger partial charge is 0.322 e. The summed E-state index contributed by atoms with van der Waals surface area (Å²) in [7, 11) is 3.98. The van der Waals surface area contributed by atoms with Crippen molar-refractivity contribution in [2.45, 2.75) is 31.2 Å². The van der Waals surface area contributed by atoms with Crippen LogP contribution in [0, 0.1) is 11.8 Å². The number of hydrogen-bond acceptors (Lipinski definition) is 2. The quantitative estimate of drug-likeness (QED) is 0.450. The number of hydrogen-bond donors (Lipinski definition) is 0. The molecule has 1 heterocycles. The first-order valence-corrected chi connectivity index (χ1v) is 8.61. The molecular weight excluding hydrogens is 296 g/mol. The Bertz CT molecular complexity index is 456. The molecule has 1 saturated heterocycles. The van der Waals surface area contributed by atoms with Crippen LogP contribution in [0.3, 0.4) is 0 Å². The van der Waals surface area contributed by atoms with Gasteiger partial charge in [-0.15, -0.1) is 0 Å². The van der Waals surface area contributed by atoms with Crippen LogP contribution in [0.5, 0.6) is 0 Å². The second-order valence-electron chi connectivity index (χ2n) is 6.49. The lowest BCUT2D eigenvalue weighted by atomic mass is 9.84. The minimum Gasteiger partial charge on any atom is -0.322 e. The normalized spacial score (nSPS) is 29.3. The van der Waals surface area contributed by atoms with Crippen molar-refractivity contribution < 1.29 is 4.79 Å². The summed E-state index contributed by atoms with van der Waals surface area (Å²) in [6, 6.07) is 0. The molecule has 0 bridgehead atoms. The number of carbonyl (C=O) groups excluding carboxylic acids is 1. The molecule has 3 nitrogen and oxygen atoms in total. The number of rotatable bonds is 4. The Morgan fingerprint density at radius 1 is 1.36 bits per heavy atom. The monoisotopic (exact) mass is 322 g/mol. The van der Waals surface area contributed by atoms with Gasteiger partial charge in [0.25, 0.3) is 0 Å². The van der Waals surface area contributed by atoms with Gasteiger partial charge in [0, 0.05) is 19.2 Å². The van der Waals surface area contributed by atoms with Crippen molar-refractivity contribution in [1.29, 1.82) is 0 Å². The molecular formula is C18H27ClN2O. The zero-order chi connectivity index (χ0) is 15.9. The number of likely N-dealkylation sites (tertiary alicyclic amines) is 1. The molecule has 0 aromatic carbocycles. The maximum atomic E-state index is 12.5. The summed E-state index contributed by atoms with van der Waals surface area (Å²) in [4.78, 5) is 16.4. The second-order valence-corrected chi connectivity index (χ2v) is 7.00. The van der Waals surface area contributed by atoms with Crippen LogP contribution < -0.4 is 0 Å². The molecule has 4 heteroatoms. The number of halogens is 1. The van der Waals surface area contributed by atoms with Crippen molar-refractivity contribution >= 4 is 17.5 Å².